The monoisotopic (exact) mass is 272 g/mol. The number of hydrogen-bond acceptors (Lipinski definition) is 3. The van der Waals surface area contributed by atoms with E-state index in [1.54, 1.807) is 0 Å². The van der Waals surface area contributed by atoms with Gasteiger partial charge in [0.15, 0.2) is 0 Å². The van der Waals surface area contributed by atoms with Crippen molar-refractivity contribution < 1.29 is 5.11 Å². The molecule has 2 aromatic rings. The number of H-pyrrole nitrogens is 1. The Kier molecular flexibility index (Phi) is 3.85. The second-order valence-corrected chi connectivity index (χ2v) is 5.55. The number of fused-ring (bicyclic) bond motifs is 1. The summed E-state index contributed by atoms with van der Waals surface area (Å²) in [6, 6.07) is 9.80. The van der Waals surface area contributed by atoms with E-state index in [2.05, 4.69) is 10.3 Å². The maximum Gasteiger partial charge on any atom is 0.252 e. The van der Waals surface area contributed by atoms with Gasteiger partial charge in [-0.3, -0.25) is 4.79 Å². The Labute approximate surface area is 117 Å². The van der Waals surface area contributed by atoms with Crippen molar-refractivity contribution in [1.29, 1.82) is 0 Å². The van der Waals surface area contributed by atoms with Crippen LogP contribution >= 0.6 is 0 Å². The molecule has 0 radical (unpaired) electrons. The highest BCUT2D eigenvalue weighted by Crippen LogP contribution is 2.18. The number of pyridine rings is 1. The molecule has 0 saturated heterocycles. The number of hydrogen-bond donors (Lipinski definition) is 3. The van der Waals surface area contributed by atoms with Gasteiger partial charge in [0.05, 0.1) is 6.10 Å². The normalized spacial score (nSPS) is 23.1. The molecule has 2 unspecified atom stereocenters. The first-order chi connectivity index (χ1) is 9.74. The molecule has 3 N–H and O–H groups in total. The Morgan fingerprint density at radius 3 is 2.90 bits per heavy atom. The van der Waals surface area contributed by atoms with Crippen LogP contribution in [0.3, 0.4) is 0 Å². The number of aromatic amines is 1. The number of benzene rings is 1. The molecule has 1 heterocycles. The fourth-order valence-electron chi connectivity index (χ4n) is 2.91. The zero-order valence-electron chi connectivity index (χ0n) is 11.4. The van der Waals surface area contributed by atoms with Crippen LogP contribution in [0, 0.1) is 0 Å². The molecule has 0 bridgehead atoms. The maximum absolute atomic E-state index is 12.0. The maximum atomic E-state index is 12.0. The van der Waals surface area contributed by atoms with E-state index in [1.165, 1.54) is 0 Å². The number of aliphatic hydroxyl groups is 1. The van der Waals surface area contributed by atoms with Gasteiger partial charge in [0, 0.05) is 23.7 Å². The van der Waals surface area contributed by atoms with Gasteiger partial charge in [-0.05, 0) is 30.4 Å². The van der Waals surface area contributed by atoms with E-state index in [9.17, 15) is 9.90 Å². The summed E-state index contributed by atoms with van der Waals surface area (Å²) in [6.45, 7) is 0.502. The van der Waals surface area contributed by atoms with E-state index in [0.29, 0.717) is 6.54 Å². The van der Waals surface area contributed by atoms with Crippen molar-refractivity contribution >= 4 is 10.9 Å². The SMILES string of the molecule is O=c1[nH]c2ccccc2cc1CNC1CCCCC1O. The van der Waals surface area contributed by atoms with Gasteiger partial charge in [-0.1, -0.05) is 31.0 Å². The number of aliphatic hydroxyl groups excluding tert-OH is 1. The Bertz CT molecular complexity index is 650. The Morgan fingerprint density at radius 1 is 1.25 bits per heavy atom. The molecule has 1 saturated carbocycles. The molecule has 4 heteroatoms. The van der Waals surface area contributed by atoms with Crippen molar-refractivity contribution in [2.45, 2.75) is 44.4 Å². The van der Waals surface area contributed by atoms with Crippen molar-refractivity contribution in [3.8, 4) is 0 Å². The molecule has 1 aliphatic carbocycles. The first kappa shape index (κ1) is 13.3. The summed E-state index contributed by atoms with van der Waals surface area (Å²) in [7, 11) is 0. The van der Waals surface area contributed by atoms with Crippen molar-refractivity contribution in [3.05, 3.63) is 46.2 Å². The Balaban J connectivity index is 1.77. The molecule has 3 rings (SSSR count). The summed E-state index contributed by atoms with van der Waals surface area (Å²) in [4.78, 5) is 14.9. The minimum Gasteiger partial charge on any atom is -0.392 e. The Morgan fingerprint density at radius 2 is 2.05 bits per heavy atom. The van der Waals surface area contributed by atoms with Gasteiger partial charge in [0.2, 0.25) is 0 Å². The third kappa shape index (κ3) is 2.76. The van der Waals surface area contributed by atoms with Crippen LogP contribution in [0.5, 0.6) is 0 Å². The first-order valence-corrected chi connectivity index (χ1v) is 7.26. The van der Waals surface area contributed by atoms with Crippen molar-refractivity contribution in [1.82, 2.24) is 10.3 Å². The molecule has 1 aromatic heterocycles. The molecule has 0 aliphatic heterocycles. The van der Waals surface area contributed by atoms with Gasteiger partial charge in [-0.2, -0.15) is 0 Å². The molecular weight excluding hydrogens is 252 g/mol. The molecule has 20 heavy (non-hydrogen) atoms. The van der Waals surface area contributed by atoms with Crippen LogP contribution in [0.4, 0.5) is 0 Å². The van der Waals surface area contributed by atoms with Crippen LogP contribution in [0.2, 0.25) is 0 Å². The first-order valence-electron chi connectivity index (χ1n) is 7.26. The lowest BCUT2D eigenvalue weighted by Gasteiger charge is -2.28. The van der Waals surface area contributed by atoms with E-state index >= 15 is 0 Å². The van der Waals surface area contributed by atoms with Crippen LogP contribution in [-0.4, -0.2) is 22.2 Å². The zero-order chi connectivity index (χ0) is 13.9. The number of para-hydroxylation sites is 1. The molecule has 4 nitrogen and oxygen atoms in total. The van der Waals surface area contributed by atoms with Crippen molar-refractivity contribution in [2.24, 2.45) is 0 Å². The molecule has 1 fully saturated rings. The zero-order valence-corrected chi connectivity index (χ0v) is 11.4. The summed E-state index contributed by atoms with van der Waals surface area (Å²) in [5.41, 5.74) is 1.53. The molecule has 2 atom stereocenters. The van der Waals surface area contributed by atoms with Crippen LogP contribution in [0.25, 0.3) is 10.9 Å². The summed E-state index contributed by atoms with van der Waals surface area (Å²) in [5.74, 6) is 0. The largest absolute Gasteiger partial charge is 0.392 e. The van der Waals surface area contributed by atoms with E-state index in [1.807, 2.05) is 30.3 Å². The van der Waals surface area contributed by atoms with Gasteiger partial charge in [0.1, 0.15) is 0 Å². The summed E-state index contributed by atoms with van der Waals surface area (Å²) in [6.07, 6.45) is 3.78. The van der Waals surface area contributed by atoms with E-state index in [0.717, 1.165) is 42.1 Å². The second-order valence-electron chi connectivity index (χ2n) is 5.55. The minimum absolute atomic E-state index is 0.0542. The van der Waals surface area contributed by atoms with Crippen LogP contribution in [-0.2, 0) is 6.54 Å². The van der Waals surface area contributed by atoms with Gasteiger partial charge >= 0.3 is 0 Å². The van der Waals surface area contributed by atoms with Gasteiger partial charge in [-0.15, -0.1) is 0 Å². The van der Waals surface area contributed by atoms with Crippen molar-refractivity contribution in [3.63, 3.8) is 0 Å². The Hall–Kier alpha value is -1.65. The number of rotatable bonds is 3. The topological polar surface area (TPSA) is 65.1 Å². The molecule has 1 aliphatic rings. The lowest BCUT2D eigenvalue weighted by molar-refractivity contribution is 0.0902. The number of aromatic nitrogens is 1. The smallest absolute Gasteiger partial charge is 0.252 e. The second kappa shape index (κ2) is 5.77. The van der Waals surface area contributed by atoms with Gasteiger partial charge < -0.3 is 15.4 Å². The molecule has 0 spiro atoms. The summed E-state index contributed by atoms with van der Waals surface area (Å²) >= 11 is 0. The lowest BCUT2D eigenvalue weighted by Crippen LogP contribution is -2.42. The highest BCUT2D eigenvalue weighted by atomic mass is 16.3. The highest BCUT2D eigenvalue weighted by Gasteiger charge is 2.22. The molecular formula is C16H20N2O2. The van der Waals surface area contributed by atoms with Gasteiger partial charge in [0.25, 0.3) is 5.56 Å². The predicted molar refractivity (Wildman–Crippen MR) is 79.7 cm³/mol. The van der Waals surface area contributed by atoms with Gasteiger partial charge in [-0.25, -0.2) is 0 Å². The lowest BCUT2D eigenvalue weighted by atomic mass is 9.92. The average molecular weight is 272 g/mol. The molecule has 106 valence electrons. The highest BCUT2D eigenvalue weighted by molar-refractivity contribution is 5.78. The van der Waals surface area contributed by atoms with E-state index in [-0.39, 0.29) is 17.7 Å². The number of nitrogens with one attached hydrogen (secondary N) is 2. The third-order valence-electron chi connectivity index (χ3n) is 4.11. The van der Waals surface area contributed by atoms with Crippen LogP contribution in [0.15, 0.2) is 35.1 Å². The third-order valence-corrected chi connectivity index (χ3v) is 4.11. The predicted octanol–water partition coefficient (Wildman–Crippen LogP) is 1.92. The van der Waals surface area contributed by atoms with Crippen molar-refractivity contribution in [2.75, 3.05) is 0 Å². The van der Waals surface area contributed by atoms with E-state index < -0.39 is 0 Å². The fraction of sp³-hybridized carbons (Fsp3) is 0.438. The standard InChI is InChI=1S/C16H20N2O2/c19-15-8-4-3-7-14(15)17-10-12-9-11-5-1-2-6-13(11)18-16(12)20/h1-2,5-6,9,14-15,17,19H,3-4,7-8,10H2,(H,18,20). The fourth-order valence-corrected chi connectivity index (χ4v) is 2.91. The average Bonchev–Trinajstić information content (AvgIpc) is 2.46. The quantitative estimate of drug-likeness (QED) is 0.800. The van der Waals surface area contributed by atoms with Crippen LogP contribution < -0.4 is 10.9 Å². The summed E-state index contributed by atoms with van der Waals surface area (Å²) in [5, 5.41) is 14.3. The van der Waals surface area contributed by atoms with E-state index in [4.69, 9.17) is 0 Å². The molecule has 0 amide bonds. The molecule has 1 aromatic carbocycles. The summed E-state index contributed by atoms with van der Waals surface area (Å²) < 4.78 is 0. The minimum atomic E-state index is -0.289. The van der Waals surface area contributed by atoms with Crippen LogP contribution in [0.1, 0.15) is 31.2 Å².